The van der Waals surface area contributed by atoms with Gasteiger partial charge in [-0.15, -0.1) is 0 Å². The fourth-order valence-electron chi connectivity index (χ4n) is 4.97. The van der Waals surface area contributed by atoms with Crippen molar-refractivity contribution in [2.24, 2.45) is 0 Å². The molecule has 2 aromatic carbocycles. The molecule has 8 heteroatoms. The highest BCUT2D eigenvalue weighted by Crippen LogP contribution is 2.17. The van der Waals surface area contributed by atoms with E-state index in [1.807, 2.05) is 85.0 Å². The second-order valence-corrected chi connectivity index (χ2v) is 10.5. The Balaban J connectivity index is 0.000000127. The van der Waals surface area contributed by atoms with E-state index in [0.29, 0.717) is 11.2 Å². The number of benzene rings is 2. The van der Waals surface area contributed by atoms with E-state index in [4.69, 9.17) is 8.83 Å². The summed E-state index contributed by atoms with van der Waals surface area (Å²) in [5.41, 5.74) is 8.53. The number of nitrogens with zero attached hydrogens (tertiary/aromatic N) is 2. The van der Waals surface area contributed by atoms with E-state index in [2.05, 4.69) is 44.2 Å². The number of para-hydroxylation sites is 2. The predicted octanol–water partition coefficient (Wildman–Crippen LogP) is 8.24. The zero-order valence-corrected chi connectivity index (χ0v) is 24.4. The van der Waals surface area contributed by atoms with Gasteiger partial charge in [-0.05, 0) is 97.1 Å². The van der Waals surface area contributed by atoms with Crippen molar-refractivity contribution in [1.82, 2.24) is 19.9 Å². The summed E-state index contributed by atoms with van der Waals surface area (Å²) >= 11 is 0. The molecule has 2 aliphatic heterocycles. The molecule has 0 aliphatic carbocycles. The van der Waals surface area contributed by atoms with Crippen LogP contribution in [0.4, 0.5) is 0 Å². The Labute approximate surface area is 261 Å². The second-order valence-electron chi connectivity index (χ2n) is 10.5. The van der Waals surface area contributed by atoms with Crippen molar-refractivity contribution in [2.45, 2.75) is 0 Å². The van der Waals surface area contributed by atoms with Crippen LogP contribution in [0.5, 0.6) is 0 Å². The van der Waals surface area contributed by atoms with Crippen LogP contribution in [0.15, 0.2) is 140 Å². The van der Waals surface area contributed by atoms with Crippen LogP contribution >= 0.6 is 0 Å². The molecule has 222 valence electrons. The van der Waals surface area contributed by atoms with Crippen molar-refractivity contribution in [1.29, 1.82) is 0 Å². The van der Waals surface area contributed by atoms with Gasteiger partial charge >= 0.3 is 11.3 Å². The van der Waals surface area contributed by atoms with Gasteiger partial charge in [0.05, 0.1) is 22.8 Å². The van der Waals surface area contributed by atoms with Crippen LogP contribution in [0.3, 0.4) is 0 Å². The number of hydrogen-bond donors (Lipinski definition) is 2. The molecule has 0 radical (unpaired) electrons. The van der Waals surface area contributed by atoms with E-state index in [9.17, 15) is 9.59 Å². The second kappa shape index (κ2) is 12.6. The van der Waals surface area contributed by atoms with Crippen LogP contribution < -0.4 is 11.3 Å². The molecule has 8 nitrogen and oxygen atoms in total. The summed E-state index contributed by atoms with van der Waals surface area (Å²) in [6.07, 6.45) is 8.09. The van der Waals surface area contributed by atoms with Crippen LogP contribution in [-0.2, 0) is 0 Å². The normalized spacial score (nSPS) is 11.5. The Morgan fingerprint density at radius 2 is 0.761 bits per heavy atom. The molecule has 0 fully saturated rings. The Morgan fingerprint density at radius 1 is 0.413 bits per heavy atom. The van der Waals surface area contributed by atoms with E-state index in [-0.39, 0.29) is 11.3 Å². The largest absolute Gasteiger partial charge is 0.423 e. The fourth-order valence-corrected chi connectivity index (χ4v) is 4.97. The number of hydrogen-bond acceptors (Lipinski definition) is 6. The van der Waals surface area contributed by atoms with Crippen LogP contribution in [0, 0.1) is 0 Å². The summed E-state index contributed by atoms with van der Waals surface area (Å²) in [5, 5.41) is 1.90. The predicted molar refractivity (Wildman–Crippen MR) is 184 cm³/mol. The first kappa shape index (κ1) is 28.2. The highest BCUT2D eigenvalue weighted by molar-refractivity contribution is 5.78. The Morgan fingerprint density at radius 3 is 1.13 bits per heavy atom. The van der Waals surface area contributed by atoms with E-state index in [1.165, 1.54) is 12.1 Å². The lowest BCUT2D eigenvalue weighted by Gasteiger charge is -1.91. The third-order valence-corrected chi connectivity index (χ3v) is 7.10. The van der Waals surface area contributed by atoms with Crippen LogP contribution in [0.2, 0.25) is 0 Å². The van der Waals surface area contributed by atoms with Gasteiger partial charge in [-0.1, -0.05) is 36.4 Å². The van der Waals surface area contributed by atoms with Crippen molar-refractivity contribution < 1.29 is 8.83 Å². The lowest BCUT2D eigenvalue weighted by Crippen LogP contribution is -1.93. The molecule has 0 saturated heterocycles. The lowest BCUT2D eigenvalue weighted by molar-refractivity contribution is 0.560. The highest BCUT2D eigenvalue weighted by atomic mass is 16.4. The highest BCUT2D eigenvalue weighted by Gasteiger charge is 2.01. The molecular formula is C38H26N4O4. The van der Waals surface area contributed by atoms with Gasteiger partial charge in [-0.25, -0.2) is 19.6 Å². The first-order valence-electron chi connectivity index (χ1n) is 14.5. The minimum absolute atomic E-state index is 0.302. The van der Waals surface area contributed by atoms with Crippen LogP contribution in [-0.4, -0.2) is 19.9 Å². The minimum atomic E-state index is -0.302. The lowest BCUT2D eigenvalue weighted by atomic mass is 10.2. The fraction of sp³-hybridized carbons (Fsp3) is 0. The smallest absolute Gasteiger partial charge is 0.336 e. The quantitative estimate of drug-likeness (QED) is 0.169. The molecule has 46 heavy (non-hydrogen) atoms. The van der Waals surface area contributed by atoms with Gasteiger partial charge in [-0.2, -0.15) is 0 Å². The maximum Gasteiger partial charge on any atom is 0.336 e. The van der Waals surface area contributed by atoms with E-state index < -0.39 is 0 Å². The number of aromatic nitrogens is 4. The summed E-state index contributed by atoms with van der Waals surface area (Å²) < 4.78 is 9.81. The molecule has 2 N–H and O–H groups in total. The average Bonchev–Trinajstić information content (AvgIpc) is 3.89. The topological polar surface area (TPSA) is 118 Å². The number of aromatic amines is 2. The standard InChI is InChI=1S/C20H14N4.2C9H6O2/c1-2-14-10-16-5-6-18(23-16)12-20-8-7-19(24-20)11-17-4-3-15(22-17)9-13(1)21-14;2*10-9-6-5-7-3-1-2-4-8(7)11-9/h1-12,21,24H;2*1-6H. The minimum Gasteiger partial charge on any atom is -0.423 e. The summed E-state index contributed by atoms with van der Waals surface area (Å²) in [7, 11) is 0. The first-order chi connectivity index (χ1) is 22.5. The number of H-pyrrole nitrogens is 2. The SMILES string of the molecule is C1=Cc2cc3ccc(cc4nc(cc5ccc(cc1n2)[nH]5)C=C4)[nH]3.O=c1ccc2ccccc2o1.O=c1ccc2ccccc2o1. The van der Waals surface area contributed by atoms with Crippen molar-refractivity contribution >= 4 is 68.3 Å². The van der Waals surface area contributed by atoms with Crippen molar-refractivity contribution in [3.63, 3.8) is 0 Å². The Hall–Kier alpha value is -6.54. The zero-order chi connectivity index (χ0) is 31.3. The van der Waals surface area contributed by atoms with Gasteiger partial charge in [0, 0.05) is 45.0 Å². The van der Waals surface area contributed by atoms with Gasteiger partial charge in [0.15, 0.2) is 0 Å². The molecule has 0 unspecified atom stereocenters. The van der Waals surface area contributed by atoms with E-state index in [1.54, 1.807) is 24.3 Å². The number of nitrogens with one attached hydrogen (secondary N) is 2. The molecule has 0 spiro atoms. The first-order valence-corrected chi connectivity index (χ1v) is 14.5. The van der Waals surface area contributed by atoms with Crippen LogP contribution in [0.25, 0.3) is 68.3 Å². The zero-order valence-electron chi connectivity index (χ0n) is 24.4. The van der Waals surface area contributed by atoms with Gasteiger partial charge in [0.25, 0.3) is 0 Å². The molecule has 9 rings (SSSR count). The third-order valence-electron chi connectivity index (χ3n) is 7.10. The van der Waals surface area contributed by atoms with Gasteiger partial charge < -0.3 is 18.8 Å². The molecule has 0 saturated carbocycles. The molecule has 0 atom stereocenters. The third kappa shape index (κ3) is 6.82. The maximum absolute atomic E-state index is 10.7. The monoisotopic (exact) mass is 602 g/mol. The van der Waals surface area contributed by atoms with Crippen molar-refractivity contribution in [3.05, 3.63) is 165 Å². The molecule has 5 aromatic heterocycles. The molecule has 7 aromatic rings. The molecule has 2 aliphatic rings. The van der Waals surface area contributed by atoms with Crippen molar-refractivity contribution in [2.75, 3.05) is 0 Å². The van der Waals surface area contributed by atoms with E-state index in [0.717, 1.165) is 55.6 Å². The molecule has 7 heterocycles. The Kier molecular flexibility index (Phi) is 7.73. The Bertz CT molecular complexity index is 2290. The average molecular weight is 603 g/mol. The summed E-state index contributed by atoms with van der Waals surface area (Å²) in [4.78, 5) is 37.5. The number of rotatable bonds is 0. The van der Waals surface area contributed by atoms with Crippen LogP contribution in [0.1, 0.15) is 22.8 Å². The maximum atomic E-state index is 10.7. The van der Waals surface area contributed by atoms with Gasteiger partial charge in [0.1, 0.15) is 11.2 Å². The summed E-state index contributed by atoms with van der Waals surface area (Å²) in [6.45, 7) is 0. The van der Waals surface area contributed by atoms with Gasteiger partial charge in [-0.3, -0.25) is 0 Å². The summed E-state index contributed by atoms with van der Waals surface area (Å²) in [6, 6.07) is 37.5. The number of fused-ring (bicyclic) bond motifs is 10. The van der Waals surface area contributed by atoms with E-state index >= 15 is 0 Å². The van der Waals surface area contributed by atoms with Gasteiger partial charge in [0.2, 0.25) is 0 Å². The van der Waals surface area contributed by atoms with Crippen molar-refractivity contribution in [3.8, 4) is 0 Å². The summed E-state index contributed by atoms with van der Waals surface area (Å²) in [5.74, 6) is 0. The molecule has 0 amide bonds. The molecular weight excluding hydrogens is 576 g/mol. The molecule has 8 bridgehead atoms.